The van der Waals surface area contributed by atoms with E-state index in [2.05, 4.69) is 48.3 Å². The average molecular weight is 317 g/mol. The van der Waals surface area contributed by atoms with Crippen molar-refractivity contribution in [2.75, 3.05) is 19.6 Å². The zero-order valence-electron chi connectivity index (χ0n) is 14.6. The van der Waals surface area contributed by atoms with Crippen LogP contribution in [0.5, 0.6) is 0 Å². The summed E-state index contributed by atoms with van der Waals surface area (Å²) in [5.41, 5.74) is 6.99. The summed E-state index contributed by atoms with van der Waals surface area (Å²) in [7, 11) is 0. The van der Waals surface area contributed by atoms with Crippen LogP contribution in [0.1, 0.15) is 45.1 Å². The summed E-state index contributed by atoms with van der Waals surface area (Å²) in [6, 6.07) is 10.5. The van der Waals surface area contributed by atoms with Gasteiger partial charge in [0.15, 0.2) is 0 Å². The summed E-state index contributed by atoms with van der Waals surface area (Å²) in [5.74, 6) is 0.258. The normalized spacial score (nSPS) is 19.5. The zero-order chi connectivity index (χ0) is 16.7. The van der Waals surface area contributed by atoms with E-state index < -0.39 is 0 Å². The Hall–Kier alpha value is -1.39. The number of benzene rings is 1. The number of nitrogens with two attached hydrogens (primary N) is 1. The second-order valence-corrected chi connectivity index (χ2v) is 6.74. The molecule has 1 aliphatic rings. The molecule has 4 nitrogen and oxygen atoms in total. The minimum absolute atomic E-state index is 0.0801. The largest absolute Gasteiger partial charge is 0.349 e. The van der Waals surface area contributed by atoms with Gasteiger partial charge in [0.05, 0.1) is 11.5 Å². The fourth-order valence-corrected chi connectivity index (χ4v) is 3.38. The average Bonchev–Trinajstić information content (AvgIpc) is 2.61. The lowest BCUT2D eigenvalue weighted by Gasteiger charge is -2.36. The molecule has 1 aliphatic heterocycles. The van der Waals surface area contributed by atoms with Crippen LogP contribution >= 0.6 is 0 Å². The Balaban J connectivity index is 1.93. The highest BCUT2D eigenvalue weighted by Gasteiger charge is 2.32. The molecule has 1 unspecified atom stereocenters. The highest BCUT2D eigenvalue weighted by Crippen LogP contribution is 2.21. The molecule has 0 saturated carbocycles. The molecule has 1 heterocycles. The van der Waals surface area contributed by atoms with Crippen LogP contribution in [0, 0.1) is 5.92 Å². The maximum atomic E-state index is 12.7. The van der Waals surface area contributed by atoms with Gasteiger partial charge in [0.2, 0.25) is 5.91 Å². The number of rotatable bonds is 7. The summed E-state index contributed by atoms with van der Waals surface area (Å²) in [6.45, 7) is 7.54. The Bertz CT molecular complexity index is 476. The first kappa shape index (κ1) is 18.0. The fraction of sp³-hybridized carbons (Fsp3) is 0.632. The number of carbonyl (C=O) groups excluding carboxylic acids is 1. The lowest BCUT2D eigenvalue weighted by molar-refractivity contribution is -0.128. The van der Waals surface area contributed by atoms with E-state index in [9.17, 15) is 4.79 Å². The van der Waals surface area contributed by atoms with Gasteiger partial charge in [-0.1, -0.05) is 44.2 Å². The van der Waals surface area contributed by atoms with Gasteiger partial charge in [-0.3, -0.25) is 9.69 Å². The van der Waals surface area contributed by atoms with E-state index in [0.717, 1.165) is 45.3 Å². The second kappa shape index (κ2) is 8.46. The molecule has 128 valence electrons. The topological polar surface area (TPSA) is 58.4 Å². The van der Waals surface area contributed by atoms with Gasteiger partial charge in [0.1, 0.15) is 0 Å². The molecule has 0 aliphatic carbocycles. The van der Waals surface area contributed by atoms with Crippen molar-refractivity contribution in [3.8, 4) is 0 Å². The van der Waals surface area contributed by atoms with Crippen LogP contribution in [0.4, 0.5) is 0 Å². The smallest absolute Gasteiger partial charge is 0.224 e. The molecule has 3 N–H and O–H groups in total. The molecule has 23 heavy (non-hydrogen) atoms. The van der Waals surface area contributed by atoms with E-state index in [1.54, 1.807) is 0 Å². The fourth-order valence-electron chi connectivity index (χ4n) is 3.38. The molecule has 1 aromatic carbocycles. The molecule has 1 saturated heterocycles. The van der Waals surface area contributed by atoms with Crippen LogP contribution in [0.2, 0.25) is 0 Å². The highest BCUT2D eigenvalue weighted by atomic mass is 16.2. The third kappa shape index (κ3) is 4.79. The Morgan fingerprint density at radius 3 is 2.61 bits per heavy atom. The summed E-state index contributed by atoms with van der Waals surface area (Å²) in [6.07, 6.45) is 3.82. The van der Waals surface area contributed by atoms with E-state index in [1.165, 1.54) is 5.56 Å². The van der Waals surface area contributed by atoms with Gasteiger partial charge in [-0.2, -0.15) is 0 Å². The van der Waals surface area contributed by atoms with Crippen molar-refractivity contribution in [3.63, 3.8) is 0 Å². The number of nitrogens with zero attached hydrogens (tertiary/aromatic N) is 1. The minimum atomic E-state index is -0.237. The van der Waals surface area contributed by atoms with E-state index in [-0.39, 0.29) is 17.4 Å². The summed E-state index contributed by atoms with van der Waals surface area (Å²) in [4.78, 5) is 15.1. The van der Waals surface area contributed by atoms with Crippen LogP contribution in [0.3, 0.4) is 0 Å². The predicted octanol–water partition coefficient (Wildman–Crippen LogP) is 2.53. The Morgan fingerprint density at radius 1 is 1.30 bits per heavy atom. The van der Waals surface area contributed by atoms with Crippen LogP contribution in [-0.2, 0) is 11.3 Å². The Kier molecular flexibility index (Phi) is 6.60. The molecule has 0 radical (unpaired) electrons. The van der Waals surface area contributed by atoms with Crippen LogP contribution in [0.15, 0.2) is 30.3 Å². The molecule has 1 aromatic rings. The lowest BCUT2D eigenvalue weighted by Crippen LogP contribution is -2.56. The highest BCUT2D eigenvalue weighted by molar-refractivity contribution is 5.79. The molecule has 1 fully saturated rings. The number of hydrogen-bond acceptors (Lipinski definition) is 3. The van der Waals surface area contributed by atoms with Gasteiger partial charge >= 0.3 is 0 Å². The van der Waals surface area contributed by atoms with E-state index in [4.69, 9.17) is 5.73 Å². The molecular weight excluding hydrogens is 286 g/mol. The van der Waals surface area contributed by atoms with Crippen molar-refractivity contribution in [1.29, 1.82) is 0 Å². The quantitative estimate of drug-likeness (QED) is 0.812. The van der Waals surface area contributed by atoms with Gasteiger partial charge < -0.3 is 11.1 Å². The van der Waals surface area contributed by atoms with Crippen molar-refractivity contribution < 1.29 is 4.79 Å². The standard InChI is InChI=1S/C19H31N3O/c1-3-19(4-2,15-20)21-18(23)17-11-8-12-22(14-17)13-16-9-6-5-7-10-16/h5-7,9-10,17H,3-4,8,11-15,20H2,1-2H3,(H,21,23). The molecule has 0 spiro atoms. The molecule has 0 aromatic heterocycles. The third-order valence-corrected chi connectivity index (χ3v) is 5.26. The van der Waals surface area contributed by atoms with E-state index in [1.807, 2.05) is 6.07 Å². The molecule has 1 atom stereocenters. The van der Waals surface area contributed by atoms with Gasteiger partial charge in [-0.05, 0) is 37.8 Å². The summed E-state index contributed by atoms with van der Waals surface area (Å²) >= 11 is 0. The van der Waals surface area contributed by atoms with Crippen molar-refractivity contribution in [2.45, 2.75) is 51.6 Å². The number of nitrogens with one attached hydrogen (secondary N) is 1. The van der Waals surface area contributed by atoms with Gasteiger partial charge in [0.25, 0.3) is 0 Å². The van der Waals surface area contributed by atoms with Crippen LogP contribution < -0.4 is 11.1 Å². The number of amides is 1. The monoisotopic (exact) mass is 317 g/mol. The van der Waals surface area contributed by atoms with Crippen LogP contribution in [-0.4, -0.2) is 36.0 Å². The van der Waals surface area contributed by atoms with Crippen molar-refractivity contribution in [1.82, 2.24) is 10.2 Å². The first-order chi connectivity index (χ1) is 11.1. The molecule has 4 heteroatoms. The molecule has 0 bridgehead atoms. The summed E-state index contributed by atoms with van der Waals surface area (Å²) < 4.78 is 0. The maximum absolute atomic E-state index is 12.7. The van der Waals surface area contributed by atoms with E-state index >= 15 is 0 Å². The first-order valence-electron chi connectivity index (χ1n) is 8.91. The van der Waals surface area contributed by atoms with Crippen molar-refractivity contribution in [3.05, 3.63) is 35.9 Å². The molecule has 2 rings (SSSR count). The molecule has 1 amide bonds. The van der Waals surface area contributed by atoms with Gasteiger partial charge in [-0.15, -0.1) is 0 Å². The number of hydrogen-bond donors (Lipinski definition) is 2. The minimum Gasteiger partial charge on any atom is -0.349 e. The van der Waals surface area contributed by atoms with E-state index in [0.29, 0.717) is 6.54 Å². The zero-order valence-corrected chi connectivity index (χ0v) is 14.6. The third-order valence-electron chi connectivity index (χ3n) is 5.26. The number of piperidine rings is 1. The Morgan fingerprint density at radius 2 is 2.00 bits per heavy atom. The van der Waals surface area contributed by atoms with Gasteiger partial charge in [-0.25, -0.2) is 0 Å². The predicted molar refractivity (Wildman–Crippen MR) is 95.0 cm³/mol. The van der Waals surface area contributed by atoms with Crippen LogP contribution in [0.25, 0.3) is 0 Å². The summed E-state index contributed by atoms with van der Waals surface area (Å²) in [5, 5.41) is 3.24. The van der Waals surface area contributed by atoms with Crippen molar-refractivity contribution >= 4 is 5.91 Å². The lowest BCUT2D eigenvalue weighted by atomic mass is 9.90. The second-order valence-electron chi connectivity index (χ2n) is 6.74. The maximum Gasteiger partial charge on any atom is 0.224 e. The SMILES string of the molecule is CCC(CC)(CN)NC(=O)C1CCCN(Cc2ccccc2)C1. The first-order valence-corrected chi connectivity index (χ1v) is 8.91. The van der Waals surface area contributed by atoms with Gasteiger partial charge in [0, 0.05) is 19.6 Å². The number of likely N-dealkylation sites (tertiary alicyclic amines) is 1. The molecular formula is C19H31N3O. The Labute approximate surface area is 140 Å². The van der Waals surface area contributed by atoms with Crippen molar-refractivity contribution in [2.24, 2.45) is 11.7 Å². The number of carbonyl (C=O) groups is 1.